The zero-order valence-corrected chi connectivity index (χ0v) is 16.4. The molecule has 0 fully saturated rings. The summed E-state index contributed by atoms with van der Waals surface area (Å²) in [7, 11) is 0. The molecule has 0 spiro atoms. The van der Waals surface area contributed by atoms with E-state index in [0.29, 0.717) is 34.8 Å². The highest BCUT2D eigenvalue weighted by molar-refractivity contribution is 5.97. The van der Waals surface area contributed by atoms with Crippen LogP contribution in [0, 0.1) is 6.92 Å². The van der Waals surface area contributed by atoms with Crippen LogP contribution >= 0.6 is 0 Å². The first-order chi connectivity index (χ1) is 14.5. The quantitative estimate of drug-likeness (QED) is 0.644. The van der Waals surface area contributed by atoms with Crippen LogP contribution in [0.5, 0.6) is 11.5 Å². The van der Waals surface area contributed by atoms with E-state index in [-0.39, 0.29) is 12.4 Å². The maximum absolute atomic E-state index is 12.7. The molecular weight excluding hydrogens is 390 g/mol. The van der Waals surface area contributed by atoms with Gasteiger partial charge in [0.15, 0.2) is 18.1 Å². The number of carbonyl (C=O) groups excluding carboxylic acids is 2. The Morgan fingerprint density at radius 2 is 2.00 bits per heavy atom. The number of aryl methyl sites for hydroxylation is 2. The Kier molecular flexibility index (Phi) is 5.09. The Labute approximate surface area is 171 Å². The maximum atomic E-state index is 12.7. The Morgan fingerprint density at radius 1 is 1.20 bits per heavy atom. The van der Waals surface area contributed by atoms with E-state index in [9.17, 15) is 14.4 Å². The van der Waals surface area contributed by atoms with Crippen LogP contribution in [0.1, 0.15) is 23.0 Å². The summed E-state index contributed by atoms with van der Waals surface area (Å²) in [4.78, 5) is 41.7. The highest BCUT2D eigenvalue weighted by Crippen LogP contribution is 2.34. The first-order valence-electron chi connectivity index (χ1n) is 9.33. The van der Waals surface area contributed by atoms with Crippen molar-refractivity contribution in [1.82, 2.24) is 9.55 Å². The average molecular weight is 409 g/mol. The van der Waals surface area contributed by atoms with Crippen LogP contribution in [0.4, 0.5) is 5.69 Å². The molecule has 1 aliphatic rings. The summed E-state index contributed by atoms with van der Waals surface area (Å²) in [5, 5.41) is 2.93. The van der Waals surface area contributed by atoms with E-state index in [1.165, 1.54) is 6.20 Å². The van der Waals surface area contributed by atoms with Crippen LogP contribution in [-0.4, -0.2) is 34.8 Å². The van der Waals surface area contributed by atoms with Crippen molar-refractivity contribution < 1.29 is 23.8 Å². The highest BCUT2D eigenvalue weighted by atomic mass is 16.7. The number of carbonyl (C=O) groups is 2. The van der Waals surface area contributed by atoms with E-state index in [2.05, 4.69) is 10.3 Å². The molecule has 9 heteroatoms. The topological polar surface area (TPSA) is 109 Å². The summed E-state index contributed by atoms with van der Waals surface area (Å²) in [6.07, 6.45) is 1.41. The fourth-order valence-corrected chi connectivity index (χ4v) is 3.13. The molecule has 1 aliphatic heterocycles. The highest BCUT2D eigenvalue weighted by Gasteiger charge is 2.19. The molecule has 2 aromatic heterocycles. The number of hydrogen-bond donors (Lipinski definition) is 1. The van der Waals surface area contributed by atoms with E-state index >= 15 is 0 Å². The molecule has 1 aromatic carbocycles. The van der Waals surface area contributed by atoms with Crippen molar-refractivity contribution >= 4 is 28.6 Å². The number of rotatable bonds is 5. The molecule has 0 saturated heterocycles. The van der Waals surface area contributed by atoms with Crippen LogP contribution < -0.4 is 20.2 Å². The van der Waals surface area contributed by atoms with Gasteiger partial charge < -0.3 is 24.1 Å². The van der Waals surface area contributed by atoms with Crippen LogP contribution in [0.25, 0.3) is 11.0 Å². The molecule has 0 bridgehead atoms. The lowest BCUT2D eigenvalue weighted by molar-refractivity contribution is -0.119. The monoisotopic (exact) mass is 409 g/mol. The van der Waals surface area contributed by atoms with Crippen LogP contribution in [0.2, 0.25) is 0 Å². The van der Waals surface area contributed by atoms with Gasteiger partial charge in [-0.2, -0.15) is 0 Å². The van der Waals surface area contributed by atoms with Gasteiger partial charge >= 0.3 is 5.97 Å². The van der Waals surface area contributed by atoms with Gasteiger partial charge in [0.1, 0.15) is 11.2 Å². The van der Waals surface area contributed by atoms with Crippen LogP contribution in [0.15, 0.2) is 41.3 Å². The van der Waals surface area contributed by atoms with Gasteiger partial charge in [0.25, 0.3) is 5.91 Å². The maximum Gasteiger partial charge on any atom is 0.344 e. The summed E-state index contributed by atoms with van der Waals surface area (Å²) < 4.78 is 17.2. The van der Waals surface area contributed by atoms with Gasteiger partial charge in [-0.3, -0.25) is 9.59 Å². The van der Waals surface area contributed by atoms with Crippen LogP contribution in [-0.2, 0) is 16.1 Å². The van der Waals surface area contributed by atoms with E-state index in [4.69, 9.17) is 14.2 Å². The molecular formula is C21H19N3O6. The largest absolute Gasteiger partial charge is 0.454 e. The number of esters is 1. The molecule has 9 nitrogen and oxygen atoms in total. The minimum absolute atomic E-state index is 0.125. The van der Waals surface area contributed by atoms with Crippen molar-refractivity contribution in [3.05, 3.63) is 58.0 Å². The molecule has 30 heavy (non-hydrogen) atoms. The third-order valence-electron chi connectivity index (χ3n) is 4.61. The predicted octanol–water partition coefficient (Wildman–Crippen LogP) is 2.25. The molecule has 0 atom stereocenters. The Morgan fingerprint density at radius 3 is 2.80 bits per heavy atom. The van der Waals surface area contributed by atoms with E-state index in [1.54, 1.807) is 34.9 Å². The molecule has 1 amide bonds. The van der Waals surface area contributed by atoms with Crippen molar-refractivity contribution in [2.24, 2.45) is 0 Å². The summed E-state index contributed by atoms with van der Waals surface area (Å²) in [6, 6.07) is 8.26. The summed E-state index contributed by atoms with van der Waals surface area (Å²) in [5.74, 6) is -0.306. The van der Waals surface area contributed by atoms with Gasteiger partial charge in [-0.1, -0.05) is 0 Å². The number of ether oxygens (including phenoxy) is 3. The van der Waals surface area contributed by atoms with Crippen molar-refractivity contribution in [1.29, 1.82) is 0 Å². The standard InChI is InChI=1S/C21H19N3O6/c1-3-24-9-15(19(26)14-6-4-12(2)22-20(14)24)21(27)28-10-18(25)23-13-5-7-16-17(8-13)30-11-29-16/h4-9H,3,10-11H2,1-2H3,(H,23,25). The molecule has 0 unspecified atom stereocenters. The van der Waals surface area contributed by atoms with Gasteiger partial charge in [0.05, 0.1) is 5.39 Å². The fraction of sp³-hybridized carbons (Fsp3) is 0.238. The van der Waals surface area contributed by atoms with Gasteiger partial charge in [0, 0.05) is 30.2 Å². The molecule has 0 radical (unpaired) electrons. The first kappa shape index (κ1) is 19.4. The number of aromatic nitrogens is 2. The van der Waals surface area contributed by atoms with Crippen molar-refractivity contribution in [2.75, 3.05) is 18.7 Å². The van der Waals surface area contributed by atoms with Crippen molar-refractivity contribution in [3.63, 3.8) is 0 Å². The van der Waals surface area contributed by atoms with E-state index < -0.39 is 23.9 Å². The molecule has 4 rings (SSSR count). The number of nitrogens with zero attached hydrogens (tertiary/aromatic N) is 2. The van der Waals surface area contributed by atoms with Gasteiger partial charge in [-0.15, -0.1) is 0 Å². The molecule has 1 N–H and O–H groups in total. The lowest BCUT2D eigenvalue weighted by atomic mass is 10.2. The summed E-state index contributed by atoms with van der Waals surface area (Å²) >= 11 is 0. The van der Waals surface area contributed by atoms with E-state index in [0.717, 1.165) is 5.69 Å². The predicted molar refractivity (Wildman–Crippen MR) is 108 cm³/mol. The minimum Gasteiger partial charge on any atom is -0.454 e. The second-order valence-corrected chi connectivity index (χ2v) is 6.67. The SMILES string of the molecule is CCn1cc(C(=O)OCC(=O)Nc2ccc3c(c2)OCO3)c(=O)c2ccc(C)nc21. The lowest BCUT2D eigenvalue weighted by Gasteiger charge is -2.11. The normalized spacial score (nSPS) is 12.1. The average Bonchev–Trinajstić information content (AvgIpc) is 3.20. The lowest BCUT2D eigenvalue weighted by Crippen LogP contribution is -2.25. The number of benzene rings is 1. The van der Waals surface area contributed by atoms with Crippen LogP contribution in [0.3, 0.4) is 0 Å². The van der Waals surface area contributed by atoms with Gasteiger partial charge in [-0.05, 0) is 38.1 Å². The minimum atomic E-state index is -0.870. The number of pyridine rings is 2. The summed E-state index contributed by atoms with van der Waals surface area (Å²) in [5.41, 5.74) is 1.11. The summed E-state index contributed by atoms with van der Waals surface area (Å²) in [6.45, 7) is 3.80. The Balaban J connectivity index is 1.48. The zero-order valence-electron chi connectivity index (χ0n) is 16.4. The Bertz CT molecular complexity index is 1220. The number of amides is 1. The van der Waals surface area contributed by atoms with E-state index in [1.807, 2.05) is 13.8 Å². The number of fused-ring (bicyclic) bond motifs is 2. The number of anilines is 1. The molecule has 154 valence electrons. The first-order valence-corrected chi connectivity index (χ1v) is 9.33. The molecule has 0 aliphatic carbocycles. The Hall–Kier alpha value is -3.88. The third kappa shape index (κ3) is 3.69. The zero-order chi connectivity index (χ0) is 21.3. The third-order valence-corrected chi connectivity index (χ3v) is 4.61. The van der Waals surface area contributed by atoms with Crippen molar-refractivity contribution in [2.45, 2.75) is 20.4 Å². The molecule has 0 saturated carbocycles. The fourth-order valence-electron chi connectivity index (χ4n) is 3.13. The van der Waals surface area contributed by atoms with Gasteiger partial charge in [-0.25, -0.2) is 9.78 Å². The van der Waals surface area contributed by atoms with Gasteiger partial charge in [0.2, 0.25) is 12.2 Å². The molecule has 3 aromatic rings. The second kappa shape index (κ2) is 7.86. The number of hydrogen-bond acceptors (Lipinski definition) is 7. The van der Waals surface area contributed by atoms with Crippen molar-refractivity contribution in [3.8, 4) is 11.5 Å². The smallest absolute Gasteiger partial charge is 0.344 e. The molecule has 3 heterocycles. The second-order valence-electron chi connectivity index (χ2n) is 6.67. The number of nitrogens with one attached hydrogen (secondary N) is 1.